The van der Waals surface area contributed by atoms with Crippen LogP contribution in [0.1, 0.15) is 27.7 Å². The zero-order chi connectivity index (χ0) is 16.7. The first-order valence-electron chi connectivity index (χ1n) is 7.52. The zero-order valence-corrected chi connectivity index (χ0v) is 15.3. The van der Waals surface area contributed by atoms with Gasteiger partial charge in [0.05, 0.1) is 11.2 Å². The number of benzene rings is 1. The highest BCUT2D eigenvalue weighted by Crippen LogP contribution is 2.36. The zero-order valence-electron chi connectivity index (χ0n) is 13.7. The molecule has 1 aromatic carbocycles. The number of ether oxygens (including phenoxy) is 1. The third kappa shape index (κ3) is 3.44. The van der Waals surface area contributed by atoms with Crippen LogP contribution < -0.4 is 10.2 Å². The van der Waals surface area contributed by atoms with Crippen LogP contribution in [0.5, 0.6) is 11.6 Å². The fourth-order valence-electron chi connectivity index (χ4n) is 2.22. The molecule has 2 heterocycles. The summed E-state index contributed by atoms with van der Waals surface area (Å²) in [6, 6.07) is 11.4. The van der Waals surface area contributed by atoms with Crippen LogP contribution in [0.25, 0.3) is 0 Å². The molecule has 1 saturated heterocycles. The lowest BCUT2D eigenvalue weighted by Gasteiger charge is -2.32. The quantitative estimate of drug-likeness (QED) is 0.762. The van der Waals surface area contributed by atoms with Crippen LogP contribution >= 0.6 is 15.9 Å². The van der Waals surface area contributed by atoms with E-state index in [4.69, 9.17) is 14.0 Å². The number of hydrogen-bond acceptors (Lipinski definition) is 4. The first-order valence-corrected chi connectivity index (χ1v) is 8.31. The molecular weight excluding hydrogens is 357 g/mol. The van der Waals surface area contributed by atoms with Crippen molar-refractivity contribution in [3.05, 3.63) is 47.1 Å². The third-order valence-electron chi connectivity index (χ3n) is 4.33. The molecule has 0 saturated carbocycles. The standard InChI is InChI=1S/C17H19BBrNO3/c1-16(2)17(3,4)23-18(22-16)12-5-8-14(9-6-12)21-15-10-7-13(19)11-20-15/h5-11H,1-4H3. The summed E-state index contributed by atoms with van der Waals surface area (Å²) in [7, 11) is -0.361. The van der Waals surface area contributed by atoms with Crippen molar-refractivity contribution in [3.63, 3.8) is 0 Å². The van der Waals surface area contributed by atoms with Crippen molar-refractivity contribution in [2.24, 2.45) is 0 Å². The molecule has 0 radical (unpaired) electrons. The summed E-state index contributed by atoms with van der Waals surface area (Å²) in [5.41, 5.74) is 0.294. The molecular formula is C17H19BBrNO3. The van der Waals surface area contributed by atoms with Crippen LogP contribution in [-0.2, 0) is 9.31 Å². The Balaban J connectivity index is 1.72. The molecule has 0 atom stereocenters. The summed E-state index contributed by atoms with van der Waals surface area (Å²) in [6.45, 7) is 8.18. The number of halogens is 1. The van der Waals surface area contributed by atoms with Crippen molar-refractivity contribution in [1.82, 2.24) is 4.98 Å². The van der Waals surface area contributed by atoms with Gasteiger partial charge in [0.15, 0.2) is 0 Å². The highest BCUT2D eigenvalue weighted by Gasteiger charge is 2.51. The molecule has 3 rings (SSSR count). The molecule has 4 nitrogen and oxygen atoms in total. The van der Waals surface area contributed by atoms with E-state index in [-0.39, 0.29) is 18.3 Å². The van der Waals surface area contributed by atoms with Gasteiger partial charge in [-0.2, -0.15) is 0 Å². The average Bonchev–Trinajstić information content (AvgIpc) is 2.71. The number of hydrogen-bond donors (Lipinski definition) is 0. The van der Waals surface area contributed by atoms with E-state index >= 15 is 0 Å². The van der Waals surface area contributed by atoms with Crippen molar-refractivity contribution < 1.29 is 14.0 Å². The van der Waals surface area contributed by atoms with E-state index in [0.29, 0.717) is 5.88 Å². The lowest BCUT2D eigenvalue weighted by molar-refractivity contribution is 0.00578. The molecule has 0 N–H and O–H groups in total. The van der Waals surface area contributed by atoms with Crippen molar-refractivity contribution in [1.29, 1.82) is 0 Å². The molecule has 0 amide bonds. The molecule has 1 aliphatic rings. The van der Waals surface area contributed by atoms with Crippen LogP contribution in [0.4, 0.5) is 0 Å². The third-order valence-corrected chi connectivity index (χ3v) is 4.80. The van der Waals surface area contributed by atoms with Gasteiger partial charge in [0.1, 0.15) is 5.75 Å². The second-order valence-electron chi connectivity index (χ2n) is 6.57. The van der Waals surface area contributed by atoms with Gasteiger partial charge in [0.25, 0.3) is 0 Å². The second kappa shape index (κ2) is 5.93. The summed E-state index contributed by atoms with van der Waals surface area (Å²) >= 11 is 3.35. The van der Waals surface area contributed by atoms with E-state index in [1.807, 2.05) is 64.1 Å². The van der Waals surface area contributed by atoms with Crippen LogP contribution in [0.3, 0.4) is 0 Å². The maximum absolute atomic E-state index is 6.04. The van der Waals surface area contributed by atoms with Gasteiger partial charge < -0.3 is 14.0 Å². The first-order chi connectivity index (χ1) is 10.8. The lowest BCUT2D eigenvalue weighted by atomic mass is 9.79. The smallest absolute Gasteiger partial charge is 0.439 e. The fourth-order valence-corrected chi connectivity index (χ4v) is 2.45. The maximum atomic E-state index is 6.04. The maximum Gasteiger partial charge on any atom is 0.494 e. The van der Waals surface area contributed by atoms with E-state index < -0.39 is 0 Å². The SMILES string of the molecule is CC1(C)OB(c2ccc(Oc3ccc(Br)cn3)cc2)OC1(C)C. The summed E-state index contributed by atoms with van der Waals surface area (Å²) in [6.07, 6.45) is 1.70. The second-order valence-corrected chi connectivity index (χ2v) is 7.49. The molecule has 2 aromatic rings. The van der Waals surface area contributed by atoms with Crippen molar-refractivity contribution in [2.45, 2.75) is 38.9 Å². The Bertz CT molecular complexity index is 670. The largest absolute Gasteiger partial charge is 0.494 e. The molecule has 6 heteroatoms. The average molecular weight is 376 g/mol. The number of nitrogens with zero attached hydrogens (tertiary/aromatic N) is 1. The molecule has 1 aromatic heterocycles. The Hall–Kier alpha value is -1.37. The van der Waals surface area contributed by atoms with Crippen LogP contribution in [0.2, 0.25) is 0 Å². The van der Waals surface area contributed by atoms with Gasteiger partial charge in [-0.15, -0.1) is 0 Å². The van der Waals surface area contributed by atoms with E-state index in [9.17, 15) is 0 Å². The van der Waals surface area contributed by atoms with Gasteiger partial charge in [-0.3, -0.25) is 0 Å². The van der Waals surface area contributed by atoms with Gasteiger partial charge in [0, 0.05) is 16.7 Å². The van der Waals surface area contributed by atoms with E-state index in [0.717, 1.165) is 15.7 Å². The van der Waals surface area contributed by atoms with Gasteiger partial charge in [-0.05, 0) is 67.3 Å². The molecule has 1 fully saturated rings. The van der Waals surface area contributed by atoms with Crippen LogP contribution in [-0.4, -0.2) is 23.3 Å². The van der Waals surface area contributed by atoms with Gasteiger partial charge >= 0.3 is 7.12 Å². The van der Waals surface area contributed by atoms with Gasteiger partial charge in [-0.25, -0.2) is 4.98 Å². The number of aromatic nitrogens is 1. The molecule has 0 bridgehead atoms. The van der Waals surface area contributed by atoms with Gasteiger partial charge in [0.2, 0.25) is 5.88 Å². The van der Waals surface area contributed by atoms with Crippen LogP contribution in [0, 0.1) is 0 Å². The van der Waals surface area contributed by atoms with E-state index in [1.54, 1.807) is 6.20 Å². The molecule has 0 unspecified atom stereocenters. The van der Waals surface area contributed by atoms with Crippen molar-refractivity contribution in [2.75, 3.05) is 0 Å². The number of pyridine rings is 1. The van der Waals surface area contributed by atoms with Crippen LogP contribution in [0.15, 0.2) is 47.1 Å². The Morgan fingerprint density at radius 1 is 0.957 bits per heavy atom. The Kier molecular flexibility index (Phi) is 4.25. The lowest BCUT2D eigenvalue weighted by Crippen LogP contribution is -2.41. The fraction of sp³-hybridized carbons (Fsp3) is 0.353. The molecule has 23 heavy (non-hydrogen) atoms. The normalized spacial score (nSPS) is 18.9. The Morgan fingerprint density at radius 2 is 1.57 bits per heavy atom. The van der Waals surface area contributed by atoms with Crippen molar-refractivity contribution in [3.8, 4) is 11.6 Å². The molecule has 0 spiro atoms. The molecule has 120 valence electrons. The minimum absolute atomic E-state index is 0.339. The molecule has 1 aliphatic heterocycles. The minimum atomic E-state index is -0.361. The predicted octanol–water partition coefficient (Wildman–Crippen LogP) is 3.94. The van der Waals surface area contributed by atoms with E-state index in [2.05, 4.69) is 20.9 Å². The summed E-state index contributed by atoms with van der Waals surface area (Å²) in [5.74, 6) is 1.27. The number of rotatable bonds is 3. The highest BCUT2D eigenvalue weighted by molar-refractivity contribution is 9.10. The Morgan fingerprint density at radius 3 is 2.09 bits per heavy atom. The predicted molar refractivity (Wildman–Crippen MR) is 94.2 cm³/mol. The van der Waals surface area contributed by atoms with Gasteiger partial charge in [-0.1, -0.05) is 12.1 Å². The summed E-state index contributed by atoms with van der Waals surface area (Å²) < 4.78 is 18.7. The monoisotopic (exact) mass is 375 g/mol. The highest BCUT2D eigenvalue weighted by atomic mass is 79.9. The molecule has 0 aliphatic carbocycles. The van der Waals surface area contributed by atoms with E-state index in [1.165, 1.54) is 0 Å². The van der Waals surface area contributed by atoms with Crippen molar-refractivity contribution >= 4 is 28.5 Å². The minimum Gasteiger partial charge on any atom is -0.439 e. The Labute approximate surface area is 145 Å². The summed E-state index contributed by atoms with van der Waals surface area (Å²) in [4.78, 5) is 4.19. The first kappa shape index (κ1) is 16.5. The summed E-state index contributed by atoms with van der Waals surface area (Å²) in [5, 5.41) is 0. The topological polar surface area (TPSA) is 40.6 Å².